The van der Waals surface area contributed by atoms with Crippen LogP contribution in [0.1, 0.15) is 25.0 Å². The third-order valence-electron chi connectivity index (χ3n) is 4.79. The van der Waals surface area contributed by atoms with Crippen molar-refractivity contribution in [3.05, 3.63) is 71.8 Å². The Morgan fingerprint density at radius 2 is 1.48 bits per heavy atom. The van der Waals surface area contributed by atoms with E-state index >= 15 is 0 Å². The van der Waals surface area contributed by atoms with Crippen LogP contribution in [0.25, 0.3) is 0 Å². The van der Waals surface area contributed by atoms with Crippen LogP contribution < -0.4 is 0 Å². The molecule has 0 bridgehead atoms. The first-order chi connectivity index (χ1) is 12.2. The van der Waals surface area contributed by atoms with E-state index in [0.29, 0.717) is 6.04 Å². The van der Waals surface area contributed by atoms with Crippen molar-refractivity contribution in [2.45, 2.75) is 39.1 Å². The van der Waals surface area contributed by atoms with Crippen LogP contribution in [0.3, 0.4) is 0 Å². The molecule has 3 rings (SSSR count). The molecule has 2 aromatic rings. The number of rotatable bonds is 7. The van der Waals surface area contributed by atoms with Gasteiger partial charge in [0.25, 0.3) is 0 Å². The Kier molecular flexibility index (Phi) is 6.62. The third kappa shape index (κ3) is 5.67. The molecule has 25 heavy (non-hydrogen) atoms. The molecule has 1 saturated heterocycles. The molecule has 3 heteroatoms. The van der Waals surface area contributed by atoms with Crippen molar-refractivity contribution < 1.29 is 4.74 Å². The Bertz CT molecular complexity index is 614. The minimum Gasteiger partial charge on any atom is -0.377 e. The Morgan fingerprint density at radius 1 is 0.880 bits per heavy atom. The molecule has 1 unspecified atom stereocenters. The first kappa shape index (κ1) is 18.1. The van der Waals surface area contributed by atoms with E-state index in [9.17, 15) is 0 Å². The van der Waals surface area contributed by atoms with Gasteiger partial charge in [-0.25, -0.2) is 0 Å². The first-order valence-electron chi connectivity index (χ1n) is 9.36. The highest BCUT2D eigenvalue weighted by Gasteiger charge is 2.27. The van der Waals surface area contributed by atoms with Crippen LogP contribution in [0.15, 0.2) is 60.7 Å². The lowest BCUT2D eigenvalue weighted by Gasteiger charge is -2.41. The van der Waals surface area contributed by atoms with Crippen LogP contribution in [-0.2, 0) is 17.8 Å². The van der Waals surface area contributed by atoms with Gasteiger partial charge in [0, 0.05) is 38.8 Å². The van der Waals surface area contributed by atoms with E-state index in [1.807, 2.05) is 0 Å². The molecule has 134 valence electrons. The summed E-state index contributed by atoms with van der Waals surface area (Å²) in [6.45, 7) is 10.3. The molecule has 0 amide bonds. The van der Waals surface area contributed by atoms with Gasteiger partial charge in [0.05, 0.1) is 12.7 Å². The Hall–Kier alpha value is -1.68. The maximum atomic E-state index is 5.98. The summed E-state index contributed by atoms with van der Waals surface area (Å²) in [5.74, 6) is 0. The molecular formula is C22H30N2O. The van der Waals surface area contributed by atoms with Crippen LogP contribution in [0.2, 0.25) is 0 Å². The lowest BCUT2D eigenvalue weighted by molar-refractivity contribution is -0.0159. The zero-order valence-corrected chi connectivity index (χ0v) is 15.5. The minimum atomic E-state index is 0.281. The lowest BCUT2D eigenvalue weighted by atomic mass is 10.1. The van der Waals surface area contributed by atoms with Gasteiger partial charge < -0.3 is 4.74 Å². The van der Waals surface area contributed by atoms with Gasteiger partial charge in [0.2, 0.25) is 0 Å². The molecule has 1 aliphatic rings. The normalized spacial score (nSPS) is 19.4. The predicted octanol–water partition coefficient (Wildman–Crippen LogP) is 3.80. The van der Waals surface area contributed by atoms with Crippen LogP contribution in [0.5, 0.6) is 0 Å². The van der Waals surface area contributed by atoms with Gasteiger partial charge in [0.15, 0.2) is 0 Å². The van der Waals surface area contributed by atoms with E-state index in [2.05, 4.69) is 84.3 Å². The predicted molar refractivity (Wildman–Crippen MR) is 103 cm³/mol. The van der Waals surface area contributed by atoms with E-state index in [0.717, 1.165) is 39.3 Å². The third-order valence-corrected chi connectivity index (χ3v) is 4.79. The molecular weight excluding hydrogens is 308 g/mol. The average molecular weight is 338 g/mol. The SMILES string of the molecule is CC(C)OCC1CN(Cc2ccccc2)CCN1Cc1ccccc1. The zero-order valence-electron chi connectivity index (χ0n) is 15.5. The van der Waals surface area contributed by atoms with Gasteiger partial charge in [-0.05, 0) is 25.0 Å². The fraction of sp³-hybridized carbons (Fsp3) is 0.455. The average Bonchev–Trinajstić information content (AvgIpc) is 2.63. The van der Waals surface area contributed by atoms with Crippen molar-refractivity contribution in [2.75, 3.05) is 26.2 Å². The Morgan fingerprint density at radius 3 is 2.08 bits per heavy atom. The van der Waals surface area contributed by atoms with Crippen LogP contribution in [0, 0.1) is 0 Å². The van der Waals surface area contributed by atoms with Gasteiger partial charge in [-0.1, -0.05) is 60.7 Å². The van der Waals surface area contributed by atoms with Gasteiger partial charge in [-0.2, -0.15) is 0 Å². The molecule has 0 aromatic heterocycles. The largest absolute Gasteiger partial charge is 0.377 e. The highest BCUT2D eigenvalue weighted by atomic mass is 16.5. The highest BCUT2D eigenvalue weighted by molar-refractivity contribution is 5.16. The highest BCUT2D eigenvalue weighted by Crippen LogP contribution is 2.17. The summed E-state index contributed by atoms with van der Waals surface area (Å²) in [5, 5.41) is 0. The molecule has 3 nitrogen and oxygen atoms in total. The summed E-state index contributed by atoms with van der Waals surface area (Å²) in [5.41, 5.74) is 2.77. The number of nitrogens with zero attached hydrogens (tertiary/aromatic N) is 2. The minimum absolute atomic E-state index is 0.281. The molecule has 0 radical (unpaired) electrons. The lowest BCUT2D eigenvalue weighted by Crippen LogP contribution is -2.54. The molecule has 1 heterocycles. The maximum Gasteiger partial charge on any atom is 0.0637 e. The van der Waals surface area contributed by atoms with E-state index in [4.69, 9.17) is 4.74 Å². The standard InChI is InChI=1S/C22H30N2O/c1-19(2)25-18-22-17-23(15-20-9-5-3-6-10-20)13-14-24(22)16-21-11-7-4-8-12-21/h3-12,19,22H,13-18H2,1-2H3. The topological polar surface area (TPSA) is 15.7 Å². The van der Waals surface area contributed by atoms with Gasteiger partial charge >= 0.3 is 0 Å². The number of benzene rings is 2. The summed E-state index contributed by atoms with van der Waals surface area (Å²) in [4.78, 5) is 5.14. The van der Waals surface area contributed by atoms with E-state index < -0.39 is 0 Å². The second-order valence-corrected chi connectivity index (χ2v) is 7.21. The van der Waals surface area contributed by atoms with Crippen LogP contribution in [-0.4, -0.2) is 48.2 Å². The van der Waals surface area contributed by atoms with Crippen molar-refractivity contribution in [3.63, 3.8) is 0 Å². The van der Waals surface area contributed by atoms with Crippen LogP contribution >= 0.6 is 0 Å². The molecule has 0 aliphatic carbocycles. The molecule has 0 spiro atoms. The zero-order chi connectivity index (χ0) is 17.5. The Balaban J connectivity index is 1.63. The molecule has 1 aliphatic heterocycles. The maximum absolute atomic E-state index is 5.98. The van der Waals surface area contributed by atoms with Gasteiger partial charge in [-0.3, -0.25) is 9.80 Å². The number of piperazine rings is 1. The number of ether oxygens (including phenoxy) is 1. The van der Waals surface area contributed by atoms with E-state index in [1.54, 1.807) is 0 Å². The first-order valence-corrected chi connectivity index (χ1v) is 9.36. The molecule has 0 N–H and O–H groups in total. The number of hydrogen-bond donors (Lipinski definition) is 0. The summed E-state index contributed by atoms with van der Waals surface area (Å²) in [6, 6.07) is 22.0. The summed E-state index contributed by atoms with van der Waals surface area (Å²) in [6.07, 6.45) is 0.281. The van der Waals surface area contributed by atoms with Crippen molar-refractivity contribution in [3.8, 4) is 0 Å². The quantitative estimate of drug-likeness (QED) is 0.764. The van der Waals surface area contributed by atoms with E-state index in [-0.39, 0.29) is 6.10 Å². The number of hydrogen-bond acceptors (Lipinski definition) is 3. The molecule has 0 saturated carbocycles. The van der Waals surface area contributed by atoms with Crippen molar-refractivity contribution in [2.24, 2.45) is 0 Å². The monoisotopic (exact) mass is 338 g/mol. The summed E-state index contributed by atoms with van der Waals surface area (Å²) in [7, 11) is 0. The summed E-state index contributed by atoms with van der Waals surface area (Å²) >= 11 is 0. The van der Waals surface area contributed by atoms with Crippen molar-refractivity contribution in [1.29, 1.82) is 0 Å². The fourth-order valence-electron chi connectivity index (χ4n) is 3.43. The van der Waals surface area contributed by atoms with Gasteiger partial charge in [-0.15, -0.1) is 0 Å². The second kappa shape index (κ2) is 9.14. The smallest absolute Gasteiger partial charge is 0.0637 e. The van der Waals surface area contributed by atoms with Gasteiger partial charge in [0.1, 0.15) is 0 Å². The molecule has 1 fully saturated rings. The Labute approximate surface area is 152 Å². The fourth-order valence-corrected chi connectivity index (χ4v) is 3.43. The van der Waals surface area contributed by atoms with Crippen molar-refractivity contribution >= 4 is 0 Å². The van der Waals surface area contributed by atoms with Crippen LogP contribution in [0.4, 0.5) is 0 Å². The molecule has 1 atom stereocenters. The second-order valence-electron chi connectivity index (χ2n) is 7.21. The van der Waals surface area contributed by atoms with E-state index in [1.165, 1.54) is 11.1 Å². The van der Waals surface area contributed by atoms with Crippen molar-refractivity contribution in [1.82, 2.24) is 9.80 Å². The molecule has 2 aromatic carbocycles. The summed E-state index contributed by atoms with van der Waals surface area (Å²) < 4.78 is 5.98.